The number of ether oxygens (including phenoxy) is 1. The van der Waals surface area contributed by atoms with Crippen LogP contribution in [0.1, 0.15) is 51.5 Å². The van der Waals surface area contributed by atoms with Gasteiger partial charge < -0.3 is 4.74 Å². The van der Waals surface area contributed by atoms with Gasteiger partial charge >= 0.3 is 0 Å². The normalized spacial score (nSPS) is 10.6. The molecular formula is C15H22O2. The summed E-state index contributed by atoms with van der Waals surface area (Å²) in [6, 6.07) is 8.18. The molecule has 0 radical (unpaired) electrons. The molecule has 0 aliphatic carbocycles. The Kier molecular flexibility index (Phi) is 5.75. The van der Waals surface area contributed by atoms with Gasteiger partial charge in [-0.15, -0.1) is 0 Å². The Labute approximate surface area is 104 Å². The van der Waals surface area contributed by atoms with E-state index in [0.29, 0.717) is 31.1 Å². The van der Waals surface area contributed by atoms with Crippen molar-refractivity contribution >= 4 is 5.78 Å². The minimum atomic E-state index is 0.309. The largest absolute Gasteiger partial charge is 0.494 e. The van der Waals surface area contributed by atoms with Gasteiger partial charge in [-0.05, 0) is 30.0 Å². The highest BCUT2D eigenvalue weighted by atomic mass is 16.5. The Balaban J connectivity index is 2.30. The summed E-state index contributed by atoms with van der Waals surface area (Å²) < 4.78 is 5.58. The smallest absolute Gasteiger partial charge is 0.132 e. The summed E-state index contributed by atoms with van der Waals surface area (Å²) in [6.07, 6.45) is 2.06. The minimum Gasteiger partial charge on any atom is -0.494 e. The zero-order chi connectivity index (χ0) is 12.7. The number of ketones is 1. The Bertz CT molecular complexity index is 338. The fourth-order valence-electron chi connectivity index (χ4n) is 1.59. The summed E-state index contributed by atoms with van der Waals surface area (Å²) in [5.41, 5.74) is 1.32. The number of hydrogen-bond donors (Lipinski definition) is 0. The van der Waals surface area contributed by atoms with E-state index in [1.54, 1.807) is 0 Å². The topological polar surface area (TPSA) is 26.3 Å². The first-order valence-corrected chi connectivity index (χ1v) is 6.38. The lowest BCUT2D eigenvalue weighted by Crippen LogP contribution is -2.02. The third-order valence-corrected chi connectivity index (χ3v) is 2.81. The van der Waals surface area contributed by atoms with Crippen LogP contribution >= 0.6 is 0 Å². The summed E-state index contributed by atoms with van der Waals surface area (Å²) in [5, 5.41) is 0. The van der Waals surface area contributed by atoms with Crippen LogP contribution in [0.5, 0.6) is 5.75 Å². The third-order valence-electron chi connectivity index (χ3n) is 2.81. The van der Waals surface area contributed by atoms with Crippen molar-refractivity contribution in [1.29, 1.82) is 0 Å². The summed E-state index contributed by atoms with van der Waals surface area (Å²) in [6.45, 7) is 6.86. The molecule has 0 saturated heterocycles. The van der Waals surface area contributed by atoms with Crippen molar-refractivity contribution in [2.75, 3.05) is 6.61 Å². The molecule has 17 heavy (non-hydrogen) atoms. The van der Waals surface area contributed by atoms with Gasteiger partial charge in [0, 0.05) is 12.8 Å². The van der Waals surface area contributed by atoms with E-state index < -0.39 is 0 Å². The first kappa shape index (κ1) is 13.8. The van der Waals surface area contributed by atoms with Crippen LogP contribution in [0.4, 0.5) is 0 Å². The molecule has 0 spiro atoms. The van der Waals surface area contributed by atoms with Gasteiger partial charge in [-0.3, -0.25) is 4.79 Å². The fourth-order valence-corrected chi connectivity index (χ4v) is 1.59. The number of hydrogen-bond acceptors (Lipinski definition) is 2. The van der Waals surface area contributed by atoms with Gasteiger partial charge in [0.15, 0.2) is 0 Å². The van der Waals surface area contributed by atoms with Crippen molar-refractivity contribution in [1.82, 2.24) is 0 Å². The maximum absolute atomic E-state index is 11.1. The highest BCUT2D eigenvalue weighted by Crippen LogP contribution is 2.18. The monoisotopic (exact) mass is 234 g/mol. The van der Waals surface area contributed by atoms with Gasteiger partial charge in [0.05, 0.1) is 6.61 Å². The zero-order valence-corrected chi connectivity index (χ0v) is 11.0. The lowest BCUT2D eigenvalue weighted by atomic mass is 10.0. The van der Waals surface area contributed by atoms with Crippen LogP contribution in [-0.2, 0) is 4.79 Å². The van der Waals surface area contributed by atoms with Gasteiger partial charge in [0.1, 0.15) is 11.5 Å². The maximum atomic E-state index is 11.1. The predicted molar refractivity (Wildman–Crippen MR) is 70.6 cm³/mol. The molecule has 94 valence electrons. The zero-order valence-electron chi connectivity index (χ0n) is 11.0. The molecule has 0 unspecified atom stereocenters. The summed E-state index contributed by atoms with van der Waals surface area (Å²) >= 11 is 0. The van der Waals surface area contributed by atoms with Crippen LogP contribution in [0.15, 0.2) is 24.3 Å². The molecular weight excluding hydrogens is 212 g/mol. The number of rotatable bonds is 7. The van der Waals surface area contributed by atoms with Crippen molar-refractivity contribution < 1.29 is 9.53 Å². The van der Waals surface area contributed by atoms with E-state index in [9.17, 15) is 4.79 Å². The molecule has 1 rings (SSSR count). The van der Waals surface area contributed by atoms with Gasteiger partial charge in [-0.2, -0.15) is 0 Å². The number of benzene rings is 1. The van der Waals surface area contributed by atoms with Crippen molar-refractivity contribution in [2.45, 2.75) is 46.0 Å². The van der Waals surface area contributed by atoms with Gasteiger partial charge in [-0.25, -0.2) is 0 Å². The second kappa shape index (κ2) is 7.10. The standard InChI is InChI=1S/C15H22O2/c1-4-14(16)6-5-11-17-15-9-7-13(8-10-15)12(2)3/h7-10,12H,4-6,11H2,1-3H3. The first-order chi connectivity index (χ1) is 8.13. The first-order valence-electron chi connectivity index (χ1n) is 6.38. The molecule has 2 heteroatoms. The SMILES string of the molecule is CCC(=O)CCCOc1ccc(C(C)C)cc1. The molecule has 2 nitrogen and oxygen atoms in total. The van der Waals surface area contributed by atoms with Gasteiger partial charge in [-0.1, -0.05) is 32.9 Å². The van der Waals surface area contributed by atoms with Crippen LogP contribution in [0, 0.1) is 0 Å². The van der Waals surface area contributed by atoms with Crippen molar-refractivity contribution in [3.63, 3.8) is 0 Å². The van der Waals surface area contributed by atoms with Crippen LogP contribution in [-0.4, -0.2) is 12.4 Å². The number of carbonyl (C=O) groups is 1. The van der Waals surface area contributed by atoms with Crippen molar-refractivity contribution in [3.05, 3.63) is 29.8 Å². The minimum absolute atomic E-state index is 0.309. The van der Waals surface area contributed by atoms with E-state index in [1.807, 2.05) is 19.1 Å². The molecule has 0 heterocycles. The van der Waals surface area contributed by atoms with E-state index in [-0.39, 0.29) is 0 Å². The van der Waals surface area contributed by atoms with E-state index in [1.165, 1.54) is 5.56 Å². The second-order valence-corrected chi connectivity index (χ2v) is 4.57. The highest BCUT2D eigenvalue weighted by molar-refractivity contribution is 5.77. The molecule has 0 aliphatic heterocycles. The molecule has 0 aromatic heterocycles. The fraction of sp³-hybridized carbons (Fsp3) is 0.533. The average molecular weight is 234 g/mol. The maximum Gasteiger partial charge on any atom is 0.132 e. The van der Waals surface area contributed by atoms with E-state index in [0.717, 1.165) is 12.2 Å². The Morgan fingerprint density at radius 3 is 2.41 bits per heavy atom. The molecule has 0 N–H and O–H groups in total. The molecule has 0 atom stereocenters. The second-order valence-electron chi connectivity index (χ2n) is 4.57. The van der Waals surface area contributed by atoms with Crippen LogP contribution < -0.4 is 4.74 Å². The van der Waals surface area contributed by atoms with Gasteiger partial charge in [0.2, 0.25) is 0 Å². The van der Waals surface area contributed by atoms with Crippen LogP contribution in [0.2, 0.25) is 0 Å². The Morgan fingerprint density at radius 2 is 1.88 bits per heavy atom. The van der Waals surface area contributed by atoms with E-state index in [4.69, 9.17) is 4.74 Å². The van der Waals surface area contributed by atoms with Crippen LogP contribution in [0.3, 0.4) is 0 Å². The highest BCUT2D eigenvalue weighted by Gasteiger charge is 2.01. The van der Waals surface area contributed by atoms with Crippen LogP contribution in [0.25, 0.3) is 0 Å². The molecule has 0 saturated carbocycles. The summed E-state index contributed by atoms with van der Waals surface area (Å²) in [4.78, 5) is 11.1. The quantitative estimate of drug-likeness (QED) is 0.668. The van der Waals surface area contributed by atoms with E-state index in [2.05, 4.69) is 26.0 Å². The van der Waals surface area contributed by atoms with Crippen molar-refractivity contribution in [2.24, 2.45) is 0 Å². The summed E-state index contributed by atoms with van der Waals surface area (Å²) in [7, 11) is 0. The van der Waals surface area contributed by atoms with E-state index >= 15 is 0 Å². The lowest BCUT2D eigenvalue weighted by Gasteiger charge is -2.08. The Hall–Kier alpha value is -1.31. The Morgan fingerprint density at radius 1 is 1.24 bits per heavy atom. The molecule has 0 aliphatic rings. The molecule has 1 aromatic carbocycles. The third kappa shape index (κ3) is 5.03. The van der Waals surface area contributed by atoms with Gasteiger partial charge in [0.25, 0.3) is 0 Å². The molecule has 0 bridgehead atoms. The molecule has 0 fully saturated rings. The number of carbonyl (C=O) groups excluding carboxylic acids is 1. The average Bonchev–Trinajstić information content (AvgIpc) is 2.34. The number of Topliss-reactive ketones (excluding diaryl/α,β-unsaturated/α-hetero) is 1. The van der Waals surface area contributed by atoms with Crippen molar-refractivity contribution in [3.8, 4) is 5.75 Å². The lowest BCUT2D eigenvalue weighted by molar-refractivity contribution is -0.118. The predicted octanol–water partition coefficient (Wildman–Crippen LogP) is 3.95. The molecule has 1 aromatic rings. The molecule has 0 amide bonds. The summed E-state index contributed by atoms with van der Waals surface area (Å²) in [5.74, 6) is 1.74.